The highest BCUT2D eigenvalue weighted by molar-refractivity contribution is 5.91. The van der Waals surface area contributed by atoms with Crippen molar-refractivity contribution in [1.29, 1.82) is 0 Å². The van der Waals surface area contributed by atoms with Crippen molar-refractivity contribution in [2.75, 3.05) is 32.1 Å². The number of aromatic nitrogens is 5. The topological polar surface area (TPSA) is 90.9 Å². The van der Waals surface area contributed by atoms with Crippen LogP contribution in [0.2, 0.25) is 0 Å². The Kier molecular flexibility index (Phi) is 3.99. The summed E-state index contributed by atoms with van der Waals surface area (Å²) in [6.45, 7) is 1.72. The van der Waals surface area contributed by atoms with Crippen LogP contribution in [-0.4, -0.2) is 63.1 Å². The Hall–Kier alpha value is -2.51. The van der Waals surface area contributed by atoms with Crippen molar-refractivity contribution in [3.8, 4) is 0 Å². The van der Waals surface area contributed by atoms with Gasteiger partial charge in [0.2, 0.25) is 0 Å². The second-order valence-electron chi connectivity index (χ2n) is 5.59. The second kappa shape index (κ2) is 6.08. The van der Waals surface area contributed by atoms with Crippen LogP contribution in [0.15, 0.2) is 18.7 Å². The zero-order valence-electron chi connectivity index (χ0n) is 12.7. The smallest absolute Gasteiger partial charge is 0.273 e. The number of hydrogen-bond donors (Lipinski definition) is 1. The lowest BCUT2D eigenvalue weighted by Gasteiger charge is -2.31. The van der Waals surface area contributed by atoms with Gasteiger partial charge >= 0.3 is 0 Å². The van der Waals surface area contributed by atoms with Crippen LogP contribution in [0, 0.1) is 0 Å². The van der Waals surface area contributed by atoms with Crippen LogP contribution >= 0.6 is 0 Å². The number of anilines is 1. The molecule has 1 N–H and O–H groups in total. The Balaban J connectivity index is 1.68. The van der Waals surface area contributed by atoms with Gasteiger partial charge in [0.1, 0.15) is 23.7 Å². The minimum Gasteiger partial charge on any atom is -0.355 e. The summed E-state index contributed by atoms with van der Waals surface area (Å²) >= 11 is 0. The number of carbonyl (C=O) groups excluding carboxylic acids is 1. The number of nitrogens with one attached hydrogen (secondary N) is 1. The molecule has 116 valence electrons. The van der Waals surface area contributed by atoms with Crippen LogP contribution < -0.4 is 4.90 Å². The number of piperidine rings is 1. The van der Waals surface area contributed by atoms with Gasteiger partial charge in [0.15, 0.2) is 0 Å². The number of hydrogen-bond acceptors (Lipinski definition) is 6. The molecule has 1 aliphatic rings. The molecular weight excluding hydrogens is 282 g/mol. The van der Waals surface area contributed by atoms with E-state index in [-0.39, 0.29) is 5.91 Å². The van der Waals surface area contributed by atoms with E-state index in [1.54, 1.807) is 26.6 Å². The van der Waals surface area contributed by atoms with E-state index < -0.39 is 0 Å². The minimum absolute atomic E-state index is 0.133. The van der Waals surface area contributed by atoms with E-state index in [1.165, 1.54) is 11.1 Å². The first-order valence-corrected chi connectivity index (χ1v) is 7.29. The van der Waals surface area contributed by atoms with Crippen molar-refractivity contribution in [3.05, 3.63) is 30.2 Å². The SMILES string of the molecule is CN(C)C(=O)c1cncc(N2CCC(c3ncn[nH]3)CC2)n1. The summed E-state index contributed by atoms with van der Waals surface area (Å²) in [5.74, 6) is 1.97. The van der Waals surface area contributed by atoms with Gasteiger partial charge in [0.25, 0.3) is 5.91 Å². The molecule has 0 spiro atoms. The van der Waals surface area contributed by atoms with Gasteiger partial charge in [-0.1, -0.05) is 0 Å². The molecule has 0 bridgehead atoms. The Morgan fingerprint density at radius 2 is 2.09 bits per heavy atom. The Labute approximate surface area is 128 Å². The van der Waals surface area contributed by atoms with Crippen molar-refractivity contribution in [3.63, 3.8) is 0 Å². The molecular formula is C14H19N7O. The summed E-state index contributed by atoms with van der Waals surface area (Å²) in [5, 5.41) is 6.85. The van der Waals surface area contributed by atoms with E-state index in [2.05, 4.69) is 30.0 Å². The van der Waals surface area contributed by atoms with Crippen molar-refractivity contribution in [1.82, 2.24) is 30.0 Å². The molecule has 0 unspecified atom stereocenters. The molecule has 1 aliphatic heterocycles. The largest absolute Gasteiger partial charge is 0.355 e. The fourth-order valence-electron chi connectivity index (χ4n) is 2.63. The lowest BCUT2D eigenvalue weighted by molar-refractivity contribution is 0.0821. The fraction of sp³-hybridized carbons (Fsp3) is 0.500. The summed E-state index contributed by atoms with van der Waals surface area (Å²) in [6.07, 6.45) is 6.71. The number of aromatic amines is 1. The molecule has 1 saturated heterocycles. The standard InChI is InChI=1S/C14H19N7O/c1-20(2)14(22)11-7-15-8-12(18-11)21-5-3-10(4-6-21)13-16-9-17-19-13/h7-10H,3-6H2,1-2H3,(H,16,17,19). The molecule has 0 radical (unpaired) electrons. The molecule has 8 heteroatoms. The van der Waals surface area contributed by atoms with Gasteiger partial charge in [-0.2, -0.15) is 5.10 Å². The van der Waals surface area contributed by atoms with Crippen molar-refractivity contribution < 1.29 is 4.79 Å². The Morgan fingerprint density at radius 3 is 2.73 bits per heavy atom. The van der Waals surface area contributed by atoms with Gasteiger partial charge < -0.3 is 9.80 Å². The molecule has 22 heavy (non-hydrogen) atoms. The molecule has 0 aliphatic carbocycles. The van der Waals surface area contributed by atoms with Crippen LogP contribution in [0.4, 0.5) is 5.82 Å². The van der Waals surface area contributed by atoms with Crippen LogP contribution in [0.25, 0.3) is 0 Å². The summed E-state index contributed by atoms with van der Waals surface area (Å²) < 4.78 is 0. The van der Waals surface area contributed by atoms with Crippen molar-refractivity contribution in [2.45, 2.75) is 18.8 Å². The van der Waals surface area contributed by atoms with Crippen LogP contribution in [-0.2, 0) is 0 Å². The van der Waals surface area contributed by atoms with Gasteiger partial charge in [-0.3, -0.25) is 14.9 Å². The summed E-state index contributed by atoms with van der Waals surface area (Å²) in [7, 11) is 3.42. The van der Waals surface area contributed by atoms with E-state index in [1.807, 2.05) is 0 Å². The third kappa shape index (κ3) is 2.90. The van der Waals surface area contributed by atoms with Gasteiger partial charge in [-0.25, -0.2) is 9.97 Å². The molecule has 0 atom stereocenters. The van der Waals surface area contributed by atoms with Crippen molar-refractivity contribution >= 4 is 11.7 Å². The lowest BCUT2D eigenvalue weighted by Crippen LogP contribution is -2.34. The fourth-order valence-corrected chi connectivity index (χ4v) is 2.63. The molecule has 3 rings (SSSR count). The number of H-pyrrole nitrogens is 1. The number of amides is 1. The molecule has 2 aromatic rings. The summed E-state index contributed by atoms with van der Waals surface area (Å²) in [6, 6.07) is 0. The molecule has 8 nitrogen and oxygen atoms in total. The number of nitrogens with zero attached hydrogens (tertiary/aromatic N) is 6. The average Bonchev–Trinajstić information content (AvgIpc) is 3.09. The minimum atomic E-state index is -0.133. The van der Waals surface area contributed by atoms with Crippen LogP contribution in [0.1, 0.15) is 35.1 Å². The molecule has 0 saturated carbocycles. The molecule has 0 aromatic carbocycles. The number of rotatable bonds is 3. The van der Waals surface area contributed by atoms with Gasteiger partial charge in [0.05, 0.1) is 12.4 Å². The normalized spacial score (nSPS) is 15.8. The maximum atomic E-state index is 12.0. The van der Waals surface area contributed by atoms with E-state index in [4.69, 9.17) is 0 Å². The second-order valence-corrected chi connectivity index (χ2v) is 5.59. The number of carbonyl (C=O) groups is 1. The maximum Gasteiger partial charge on any atom is 0.273 e. The first-order chi connectivity index (χ1) is 10.6. The molecule has 1 fully saturated rings. The Morgan fingerprint density at radius 1 is 1.32 bits per heavy atom. The van der Waals surface area contributed by atoms with E-state index in [0.717, 1.165) is 37.6 Å². The maximum absolute atomic E-state index is 12.0. The predicted octanol–water partition coefficient (Wildman–Crippen LogP) is 0.680. The first-order valence-electron chi connectivity index (χ1n) is 7.29. The lowest BCUT2D eigenvalue weighted by atomic mass is 9.96. The van der Waals surface area contributed by atoms with Gasteiger partial charge in [-0.15, -0.1) is 0 Å². The van der Waals surface area contributed by atoms with Crippen LogP contribution in [0.3, 0.4) is 0 Å². The van der Waals surface area contributed by atoms with Crippen molar-refractivity contribution in [2.24, 2.45) is 0 Å². The molecule has 3 heterocycles. The van der Waals surface area contributed by atoms with E-state index in [9.17, 15) is 4.79 Å². The summed E-state index contributed by atoms with van der Waals surface area (Å²) in [5.41, 5.74) is 0.375. The van der Waals surface area contributed by atoms with E-state index in [0.29, 0.717) is 11.6 Å². The highest BCUT2D eigenvalue weighted by Crippen LogP contribution is 2.27. The quantitative estimate of drug-likeness (QED) is 0.896. The zero-order valence-corrected chi connectivity index (χ0v) is 12.7. The predicted molar refractivity (Wildman–Crippen MR) is 80.6 cm³/mol. The van der Waals surface area contributed by atoms with Crippen LogP contribution in [0.5, 0.6) is 0 Å². The third-order valence-corrected chi connectivity index (χ3v) is 3.89. The van der Waals surface area contributed by atoms with E-state index >= 15 is 0 Å². The first kappa shape index (κ1) is 14.4. The highest BCUT2D eigenvalue weighted by Gasteiger charge is 2.24. The molecule has 1 amide bonds. The monoisotopic (exact) mass is 301 g/mol. The molecule has 2 aromatic heterocycles. The summed E-state index contributed by atoms with van der Waals surface area (Å²) in [4.78, 5) is 28.5. The third-order valence-electron chi connectivity index (χ3n) is 3.89. The Bertz CT molecular complexity index is 632. The van der Waals surface area contributed by atoms with Gasteiger partial charge in [0, 0.05) is 33.1 Å². The average molecular weight is 301 g/mol. The highest BCUT2D eigenvalue weighted by atomic mass is 16.2. The zero-order chi connectivity index (χ0) is 15.5. The van der Waals surface area contributed by atoms with Gasteiger partial charge in [-0.05, 0) is 12.8 Å².